The van der Waals surface area contributed by atoms with Crippen LogP contribution in [0.15, 0.2) is 36.9 Å². The van der Waals surface area contributed by atoms with Crippen LogP contribution >= 0.6 is 7.92 Å². The summed E-state index contributed by atoms with van der Waals surface area (Å²) < 4.78 is 0. The Morgan fingerprint density at radius 1 is 1.08 bits per heavy atom. The lowest BCUT2D eigenvalue weighted by atomic mass is 10.2. The Morgan fingerprint density at radius 2 is 1.50 bits per heavy atom. The molecule has 0 heterocycles. The highest BCUT2D eigenvalue weighted by molar-refractivity contribution is 7.55. The van der Waals surface area contributed by atoms with Crippen molar-refractivity contribution in [2.75, 3.05) is 20.0 Å². The maximum absolute atomic E-state index is 3.63. The minimum absolute atomic E-state index is 0.380. The van der Waals surface area contributed by atoms with Crippen LogP contribution in [0.1, 0.15) is 5.56 Å². The second kappa shape index (κ2) is 7.06. The molecule has 0 saturated carbocycles. The van der Waals surface area contributed by atoms with Gasteiger partial charge in [-0.1, -0.05) is 43.0 Å². The molecule has 0 atom stereocenters. The van der Waals surface area contributed by atoms with E-state index < -0.39 is 0 Å². The summed E-state index contributed by atoms with van der Waals surface area (Å²) in [6.45, 7) is 10.3. The minimum Gasteiger partial charge on any atom is -0.116 e. The summed E-state index contributed by atoms with van der Waals surface area (Å²) in [5, 5.41) is 0. The Bertz CT molecular complexity index is 199. The van der Waals surface area contributed by atoms with Gasteiger partial charge in [-0.15, -0.1) is 7.92 Å². The van der Waals surface area contributed by atoms with E-state index in [0.29, 0.717) is 7.92 Å². The Hall–Kier alpha value is -0.610. The van der Waals surface area contributed by atoms with Gasteiger partial charge in [-0.25, -0.2) is 0 Å². The van der Waals surface area contributed by atoms with E-state index in [0.717, 1.165) is 0 Å². The van der Waals surface area contributed by atoms with Crippen LogP contribution in [-0.2, 0) is 0 Å². The zero-order valence-electron chi connectivity index (χ0n) is 8.12. The van der Waals surface area contributed by atoms with Gasteiger partial charge in [-0.05, 0) is 25.6 Å². The molecule has 0 spiro atoms. The summed E-state index contributed by atoms with van der Waals surface area (Å²) in [5.41, 5.74) is 1.17. The van der Waals surface area contributed by atoms with Crippen LogP contribution in [0.2, 0.25) is 0 Å². The number of benzene rings is 1. The molecule has 0 amide bonds. The zero-order valence-corrected chi connectivity index (χ0v) is 9.01. The summed E-state index contributed by atoms with van der Waals surface area (Å²) in [7, 11) is 0.380. The molecule has 0 saturated heterocycles. The number of hydrogen-bond acceptors (Lipinski definition) is 0. The van der Waals surface area contributed by atoms with Gasteiger partial charge in [-0.3, -0.25) is 0 Å². The monoisotopic (exact) mass is 180 g/mol. The molecule has 0 aliphatic heterocycles. The lowest BCUT2D eigenvalue weighted by molar-refractivity contribution is 1.67. The van der Waals surface area contributed by atoms with Crippen molar-refractivity contribution in [2.45, 2.75) is 0 Å². The largest absolute Gasteiger partial charge is 0.116 e. The van der Waals surface area contributed by atoms with Crippen LogP contribution in [0.5, 0.6) is 0 Å². The van der Waals surface area contributed by atoms with E-state index in [4.69, 9.17) is 0 Å². The third kappa shape index (κ3) is 7.50. The van der Waals surface area contributed by atoms with E-state index in [2.05, 4.69) is 26.6 Å². The molecule has 0 nitrogen and oxygen atoms in total. The van der Waals surface area contributed by atoms with E-state index in [-0.39, 0.29) is 0 Å². The summed E-state index contributed by atoms with van der Waals surface area (Å²) in [6.07, 6.45) is 1.83. The van der Waals surface area contributed by atoms with Gasteiger partial charge >= 0.3 is 0 Å². The Labute approximate surface area is 77.1 Å². The molecule has 0 radical (unpaired) electrons. The average Bonchev–Trinajstić information content (AvgIpc) is 2.05. The Morgan fingerprint density at radius 3 is 1.75 bits per heavy atom. The Kier molecular flexibility index (Phi) is 6.70. The van der Waals surface area contributed by atoms with Gasteiger partial charge in [0, 0.05) is 0 Å². The van der Waals surface area contributed by atoms with Crippen LogP contribution in [0.3, 0.4) is 0 Å². The summed E-state index contributed by atoms with van der Waals surface area (Å²) >= 11 is 0. The highest BCUT2D eigenvalue weighted by Crippen LogP contribution is 2.14. The van der Waals surface area contributed by atoms with Crippen molar-refractivity contribution in [3.8, 4) is 0 Å². The molecular formula is C11H17P. The first-order valence-electron chi connectivity index (χ1n) is 3.95. The fraction of sp³-hybridized carbons (Fsp3) is 0.273. The van der Waals surface area contributed by atoms with Crippen molar-refractivity contribution >= 4 is 14.0 Å². The van der Waals surface area contributed by atoms with E-state index in [1.807, 2.05) is 36.4 Å². The van der Waals surface area contributed by atoms with Gasteiger partial charge in [0.05, 0.1) is 0 Å². The van der Waals surface area contributed by atoms with Gasteiger partial charge in [0.25, 0.3) is 0 Å². The molecule has 0 aromatic heterocycles. The molecule has 0 unspecified atom stereocenters. The van der Waals surface area contributed by atoms with Gasteiger partial charge in [0.15, 0.2) is 0 Å². The van der Waals surface area contributed by atoms with E-state index in [1.165, 1.54) is 5.56 Å². The molecule has 1 aromatic rings. The molecule has 1 heteroatoms. The van der Waals surface area contributed by atoms with Crippen LogP contribution in [0, 0.1) is 0 Å². The lowest BCUT2D eigenvalue weighted by Gasteiger charge is -1.85. The van der Waals surface area contributed by atoms with Crippen LogP contribution in [-0.4, -0.2) is 20.0 Å². The van der Waals surface area contributed by atoms with Crippen LogP contribution < -0.4 is 0 Å². The second-order valence-corrected chi connectivity index (χ2v) is 5.64. The molecule has 1 aromatic carbocycles. The lowest BCUT2D eigenvalue weighted by Crippen LogP contribution is -1.63. The van der Waals surface area contributed by atoms with Gasteiger partial charge in [0.2, 0.25) is 0 Å². The summed E-state index contributed by atoms with van der Waals surface area (Å²) in [4.78, 5) is 0. The predicted octanol–water partition coefficient (Wildman–Crippen LogP) is 3.69. The second-order valence-electron chi connectivity index (χ2n) is 2.96. The standard InChI is InChI=1S/C8H8.C3H9P/c1-2-8-6-4-3-5-7-8;1-4(2)3/h2-7H,1H2;1-3H3. The number of rotatable bonds is 1. The number of hydrogen-bond donors (Lipinski definition) is 0. The van der Waals surface area contributed by atoms with Gasteiger partial charge < -0.3 is 0 Å². The Balaban J connectivity index is 0.000000261. The summed E-state index contributed by atoms with van der Waals surface area (Å²) in [5.74, 6) is 0. The molecule has 0 fully saturated rings. The first kappa shape index (κ1) is 11.4. The smallest absolute Gasteiger partial charge is 0.0263 e. The van der Waals surface area contributed by atoms with E-state index >= 15 is 0 Å². The summed E-state index contributed by atoms with van der Waals surface area (Å²) in [6, 6.07) is 10.0. The first-order valence-corrected chi connectivity index (χ1v) is 6.63. The molecule has 1 rings (SSSR count). The van der Waals surface area contributed by atoms with Crippen molar-refractivity contribution in [1.82, 2.24) is 0 Å². The maximum atomic E-state index is 3.63. The third-order valence-corrected chi connectivity index (χ3v) is 1.04. The predicted molar refractivity (Wildman–Crippen MR) is 61.2 cm³/mol. The van der Waals surface area contributed by atoms with Crippen molar-refractivity contribution in [1.29, 1.82) is 0 Å². The normalized spacial score (nSPS) is 8.67. The fourth-order valence-electron chi connectivity index (χ4n) is 0.589. The first-order chi connectivity index (χ1) is 5.66. The van der Waals surface area contributed by atoms with Crippen molar-refractivity contribution < 1.29 is 0 Å². The van der Waals surface area contributed by atoms with Gasteiger partial charge in [-0.2, -0.15) is 0 Å². The van der Waals surface area contributed by atoms with Crippen molar-refractivity contribution in [2.24, 2.45) is 0 Å². The van der Waals surface area contributed by atoms with Crippen LogP contribution in [0.25, 0.3) is 6.08 Å². The zero-order chi connectivity index (χ0) is 9.40. The van der Waals surface area contributed by atoms with Crippen molar-refractivity contribution in [3.63, 3.8) is 0 Å². The van der Waals surface area contributed by atoms with Crippen molar-refractivity contribution in [3.05, 3.63) is 42.5 Å². The molecule has 0 N–H and O–H groups in total. The maximum Gasteiger partial charge on any atom is -0.0263 e. The van der Waals surface area contributed by atoms with E-state index in [1.54, 1.807) is 0 Å². The highest BCUT2D eigenvalue weighted by atomic mass is 31.1. The minimum atomic E-state index is 0.380. The molecule has 66 valence electrons. The molecular weight excluding hydrogens is 163 g/mol. The molecule has 0 aliphatic rings. The fourth-order valence-corrected chi connectivity index (χ4v) is 0.589. The van der Waals surface area contributed by atoms with E-state index in [9.17, 15) is 0 Å². The quantitative estimate of drug-likeness (QED) is 0.578. The molecule has 0 aliphatic carbocycles. The average molecular weight is 180 g/mol. The van der Waals surface area contributed by atoms with Crippen LogP contribution in [0.4, 0.5) is 0 Å². The SMILES string of the molecule is C=Cc1ccccc1.CP(C)C. The highest BCUT2D eigenvalue weighted by Gasteiger charge is 1.75. The topological polar surface area (TPSA) is 0 Å². The molecule has 0 bridgehead atoms. The van der Waals surface area contributed by atoms with Gasteiger partial charge in [0.1, 0.15) is 0 Å². The third-order valence-electron chi connectivity index (χ3n) is 1.04. The molecule has 12 heavy (non-hydrogen) atoms.